The summed E-state index contributed by atoms with van der Waals surface area (Å²) < 4.78 is 0. The lowest BCUT2D eigenvalue weighted by molar-refractivity contribution is 1.08. The monoisotopic (exact) mass is 493 g/mol. The van der Waals surface area contributed by atoms with Crippen molar-refractivity contribution >= 4 is 43.9 Å². The topological polar surface area (TPSA) is 38.7 Å². The minimum absolute atomic E-state index is 0.591. The Labute approximate surface area is 219 Å². The molecular weight excluding hydrogens is 474 g/mol. The molecule has 4 heteroatoms. The van der Waals surface area contributed by atoms with Crippen molar-refractivity contribution in [2.75, 3.05) is 0 Å². The van der Waals surface area contributed by atoms with Gasteiger partial charge in [0.1, 0.15) is 0 Å². The number of aromatic nitrogens is 3. The summed E-state index contributed by atoms with van der Waals surface area (Å²) in [5.41, 5.74) is 2.76. The third kappa shape index (κ3) is 3.90. The second-order valence-electron chi connectivity index (χ2n) is 9.07. The predicted octanol–water partition coefficient (Wildman–Crippen LogP) is 8.99. The third-order valence-corrected chi connectivity index (χ3v) is 6.99. The molecule has 0 saturated carbocycles. The Morgan fingerprint density at radius 3 is 1.89 bits per heavy atom. The molecule has 174 valence electrons. The number of benzene rings is 6. The van der Waals surface area contributed by atoms with E-state index in [4.69, 9.17) is 26.6 Å². The Morgan fingerprint density at radius 2 is 1.05 bits per heavy atom. The quantitative estimate of drug-likeness (QED) is 0.230. The summed E-state index contributed by atoms with van der Waals surface area (Å²) in [5.74, 6) is 1.85. The zero-order chi connectivity index (χ0) is 24.8. The highest BCUT2D eigenvalue weighted by molar-refractivity contribution is 6.30. The summed E-state index contributed by atoms with van der Waals surface area (Å²) in [6.07, 6.45) is 0. The molecule has 3 nitrogen and oxygen atoms in total. The van der Waals surface area contributed by atoms with Gasteiger partial charge in [-0.3, -0.25) is 0 Å². The van der Waals surface area contributed by atoms with Crippen molar-refractivity contribution in [2.24, 2.45) is 0 Å². The summed E-state index contributed by atoms with van der Waals surface area (Å²) in [4.78, 5) is 14.9. The van der Waals surface area contributed by atoms with E-state index in [0.29, 0.717) is 22.5 Å². The molecular formula is C33H20ClN3. The van der Waals surface area contributed by atoms with Crippen LogP contribution in [0.4, 0.5) is 0 Å². The standard InChI is InChI=1S/C33H20ClN3/c34-26-11-5-10-24(20-26)31-35-32(25-16-15-21-7-1-2-9-23(21)19-25)37-33(36-31)30-14-6-13-28-27-12-4-3-8-22(27)17-18-29(28)30/h1-20H. The van der Waals surface area contributed by atoms with E-state index < -0.39 is 0 Å². The smallest absolute Gasteiger partial charge is 0.164 e. The molecule has 0 amide bonds. The average Bonchev–Trinajstić information content (AvgIpc) is 2.96. The van der Waals surface area contributed by atoms with Crippen LogP contribution >= 0.6 is 11.6 Å². The molecule has 0 bridgehead atoms. The van der Waals surface area contributed by atoms with E-state index in [-0.39, 0.29) is 0 Å². The maximum absolute atomic E-state index is 6.34. The molecule has 0 radical (unpaired) electrons. The summed E-state index contributed by atoms with van der Waals surface area (Å²) in [5, 5.41) is 7.66. The van der Waals surface area contributed by atoms with Crippen LogP contribution in [-0.4, -0.2) is 15.0 Å². The average molecular weight is 494 g/mol. The molecule has 1 heterocycles. The Bertz CT molecular complexity index is 1960. The molecule has 7 aromatic rings. The van der Waals surface area contributed by atoms with Crippen LogP contribution in [0.5, 0.6) is 0 Å². The molecule has 0 N–H and O–H groups in total. The Kier molecular flexibility index (Phi) is 5.16. The van der Waals surface area contributed by atoms with E-state index in [1.165, 1.54) is 21.5 Å². The highest BCUT2D eigenvalue weighted by atomic mass is 35.5. The Morgan fingerprint density at radius 1 is 0.405 bits per heavy atom. The van der Waals surface area contributed by atoms with Gasteiger partial charge in [-0.1, -0.05) is 115 Å². The number of nitrogens with zero attached hydrogens (tertiary/aromatic N) is 3. The number of hydrogen-bond donors (Lipinski definition) is 0. The van der Waals surface area contributed by atoms with Crippen molar-refractivity contribution < 1.29 is 0 Å². The van der Waals surface area contributed by atoms with Crippen LogP contribution in [-0.2, 0) is 0 Å². The Hall–Kier alpha value is -4.60. The second kappa shape index (κ2) is 8.81. The minimum atomic E-state index is 0.591. The summed E-state index contributed by atoms with van der Waals surface area (Å²) in [6, 6.07) is 41.3. The number of rotatable bonds is 3. The first-order valence-corrected chi connectivity index (χ1v) is 12.5. The van der Waals surface area contributed by atoms with E-state index in [9.17, 15) is 0 Å². The SMILES string of the molecule is Clc1cccc(-c2nc(-c3ccc4ccccc4c3)nc(-c3cccc4c3ccc3ccccc34)n2)c1. The fourth-order valence-corrected chi connectivity index (χ4v) is 5.14. The van der Waals surface area contributed by atoms with Crippen molar-refractivity contribution in [3.8, 4) is 34.2 Å². The van der Waals surface area contributed by atoms with E-state index in [0.717, 1.165) is 27.5 Å². The maximum atomic E-state index is 6.34. The molecule has 0 aliphatic rings. The van der Waals surface area contributed by atoms with E-state index in [1.54, 1.807) is 0 Å². The van der Waals surface area contributed by atoms with Crippen LogP contribution in [0.15, 0.2) is 121 Å². The maximum Gasteiger partial charge on any atom is 0.164 e. The van der Waals surface area contributed by atoms with Crippen molar-refractivity contribution in [1.29, 1.82) is 0 Å². The van der Waals surface area contributed by atoms with Gasteiger partial charge in [0.2, 0.25) is 0 Å². The van der Waals surface area contributed by atoms with Gasteiger partial charge in [-0.05, 0) is 50.5 Å². The Balaban J connectivity index is 1.49. The molecule has 0 aliphatic carbocycles. The lowest BCUT2D eigenvalue weighted by Crippen LogP contribution is -2.00. The summed E-state index contributed by atoms with van der Waals surface area (Å²) in [7, 11) is 0. The fraction of sp³-hybridized carbons (Fsp3) is 0. The van der Waals surface area contributed by atoms with Gasteiger partial charge in [0.15, 0.2) is 17.5 Å². The van der Waals surface area contributed by atoms with Gasteiger partial charge < -0.3 is 0 Å². The van der Waals surface area contributed by atoms with Crippen LogP contribution in [0, 0.1) is 0 Å². The highest BCUT2D eigenvalue weighted by Crippen LogP contribution is 2.34. The molecule has 1 aromatic heterocycles. The van der Waals surface area contributed by atoms with Crippen LogP contribution in [0.3, 0.4) is 0 Å². The molecule has 0 spiro atoms. The number of hydrogen-bond acceptors (Lipinski definition) is 3. The van der Waals surface area contributed by atoms with Crippen molar-refractivity contribution in [2.45, 2.75) is 0 Å². The van der Waals surface area contributed by atoms with Gasteiger partial charge in [0.05, 0.1) is 0 Å². The number of halogens is 1. The first kappa shape index (κ1) is 21.7. The third-order valence-electron chi connectivity index (χ3n) is 6.75. The second-order valence-corrected chi connectivity index (χ2v) is 9.50. The molecule has 0 fully saturated rings. The minimum Gasteiger partial charge on any atom is -0.208 e. The highest BCUT2D eigenvalue weighted by Gasteiger charge is 2.15. The van der Waals surface area contributed by atoms with Crippen molar-refractivity contribution in [1.82, 2.24) is 15.0 Å². The first-order valence-electron chi connectivity index (χ1n) is 12.1. The fourth-order valence-electron chi connectivity index (χ4n) is 4.95. The summed E-state index contributed by atoms with van der Waals surface area (Å²) in [6.45, 7) is 0. The van der Waals surface area contributed by atoms with E-state index in [2.05, 4.69) is 84.9 Å². The van der Waals surface area contributed by atoms with Gasteiger partial charge in [-0.2, -0.15) is 0 Å². The van der Waals surface area contributed by atoms with E-state index >= 15 is 0 Å². The van der Waals surface area contributed by atoms with Gasteiger partial charge in [0.25, 0.3) is 0 Å². The zero-order valence-corrected chi connectivity index (χ0v) is 20.5. The van der Waals surface area contributed by atoms with Crippen LogP contribution in [0.25, 0.3) is 66.5 Å². The first-order chi connectivity index (χ1) is 18.2. The molecule has 0 unspecified atom stereocenters. The lowest BCUT2D eigenvalue weighted by Gasteiger charge is -2.12. The molecule has 37 heavy (non-hydrogen) atoms. The van der Waals surface area contributed by atoms with Crippen molar-refractivity contribution in [3.05, 3.63) is 126 Å². The van der Waals surface area contributed by atoms with Gasteiger partial charge in [0, 0.05) is 21.7 Å². The van der Waals surface area contributed by atoms with Crippen molar-refractivity contribution in [3.63, 3.8) is 0 Å². The predicted molar refractivity (Wildman–Crippen MR) is 154 cm³/mol. The summed E-state index contributed by atoms with van der Waals surface area (Å²) >= 11 is 6.34. The van der Waals surface area contributed by atoms with Crippen LogP contribution in [0.2, 0.25) is 5.02 Å². The lowest BCUT2D eigenvalue weighted by atomic mass is 9.98. The normalized spacial score (nSPS) is 11.4. The molecule has 0 atom stereocenters. The van der Waals surface area contributed by atoms with Gasteiger partial charge in [-0.15, -0.1) is 0 Å². The molecule has 0 saturated heterocycles. The van der Waals surface area contributed by atoms with Gasteiger partial charge >= 0.3 is 0 Å². The number of fused-ring (bicyclic) bond motifs is 4. The molecule has 6 aromatic carbocycles. The van der Waals surface area contributed by atoms with Crippen LogP contribution < -0.4 is 0 Å². The molecule has 7 rings (SSSR count). The van der Waals surface area contributed by atoms with Crippen LogP contribution in [0.1, 0.15) is 0 Å². The van der Waals surface area contributed by atoms with Gasteiger partial charge in [-0.25, -0.2) is 15.0 Å². The molecule has 0 aliphatic heterocycles. The zero-order valence-electron chi connectivity index (χ0n) is 19.8. The largest absolute Gasteiger partial charge is 0.208 e. The van der Waals surface area contributed by atoms with E-state index in [1.807, 2.05) is 36.4 Å².